The Labute approximate surface area is 185 Å². The van der Waals surface area contributed by atoms with Crippen LogP contribution in [0.3, 0.4) is 0 Å². The summed E-state index contributed by atoms with van der Waals surface area (Å²) < 4.78 is 18.6. The average molecular weight is 440 g/mol. The number of nitrogens with one attached hydrogen (secondary N) is 2. The zero-order chi connectivity index (χ0) is 22.9. The molecule has 1 atom stereocenters. The first-order valence-corrected chi connectivity index (χ1v) is 10.4. The van der Waals surface area contributed by atoms with Crippen molar-refractivity contribution in [1.29, 1.82) is 0 Å². The van der Waals surface area contributed by atoms with Gasteiger partial charge in [0.2, 0.25) is 0 Å². The number of carbonyl (C=O) groups is 3. The zero-order valence-corrected chi connectivity index (χ0v) is 17.9. The van der Waals surface area contributed by atoms with Gasteiger partial charge in [0.1, 0.15) is 17.1 Å². The molecule has 0 bridgehead atoms. The molecular weight excluding hydrogens is 415 g/mol. The summed E-state index contributed by atoms with van der Waals surface area (Å²) in [7, 11) is 1.54. The van der Waals surface area contributed by atoms with Gasteiger partial charge in [-0.2, -0.15) is 5.01 Å². The molecule has 1 saturated carbocycles. The number of amides is 4. The molecule has 1 heterocycles. The van der Waals surface area contributed by atoms with E-state index in [4.69, 9.17) is 4.74 Å². The fourth-order valence-electron chi connectivity index (χ4n) is 3.83. The Morgan fingerprint density at radius 2 is 1.97 bits per heavy atom. The number of hydrogen-bond donors (Lipinski definition) is 2. The zero-order valence-electron chi connectivity index (χ0n) is 17.9. The first-order valence-electron chi connectivity index (χ1n) is 10.4. The van der Waals surface area contributed by atoms with E-state index in [9.17, 15) is 18.8 Å². The molecule has 0 spiro atoms. The van der Waals surface area contributed by atoms with E-state index in [1.54, 1.807) is 43.3 Å². The van der Waals surface area contributed by atoms with Crippen LogP contribution in [-0.2, 0) is 21.7 Å². The second kappa shape index (κ2) is 8.58. The number of carbonyl (C=O) groups excluding carboxylic acids is 3. The average Bonchev–Trinajstić information content (AvgIpc) is 3.59. The van der Waals surface area contributed by atoms with Crippen LogP contribution in [0.5, 0.6) is 5.75 Å². The third-order valence-corrected chi connectivity index (χ3v) is 5.78. The molecule has 8 nitrogen and oxygen atoms in total. The van der Waals surface area contributed by atoms with E-state index in [0.29, 0.717) is 17.9 Å². The van der Waals surface area contributed by atoms with Crippen molar-refractivity contribution in [2.24, 2.45) is 0 Å². The lowest BCUT2D eigenvalue weighted by atomic mass is 9.92. The Hall–Kier alpha value is -3.46. The molecule has 168 valence electrons. The summed E-state index contributed by atoms with van der Waals surface area (Å²) in [5.41, 5.74) is 2.44. The van der Waals surface area contributed by atoms with Gasteiger partial charge in [-0.05, 0) is 55.2 Å². The third kappa shape index (κ3) is 4.43. The summed E-state index contributed by atoms with van der Waals surface area (Å²) in [6.07, 6.45) is 1.89. The van der Waals surface area contributed by atoms with Gasteiger partial charge < -0.3 is 10.1 Å². The van der Waals surface area contributed by atoms with Crippen LogP contribution in [0.25, 0.3) is 0 Å². The van der Waals surface area contributed by atoms with Crippen LogP contribution in [0, 0.1) is 5.82 Å². The maximum absolute atomic E-state index is 13.5. The van der Waals surface area contributed by atoms with Crippen molar-refractivity contribution in [2.45, 2.75) is 37.9 Å². The number of rotatable bonds is 8. The van der Waals surface area contributed by atoms with Gasteiger partial charge in [-0.25, -0.2) is 9.18 Å². The van der Waals surface area contributed by atoms with Gasteiger partial charge in [-0.15, -0.1) is 0 Å². The molecule has 0 aromatic heterocycles. The van der Waals surface area contributed by atoms with E-state index in [2.05, 4.69) is 10.7 Å². The van der Waals surface area contributed by atoms with Crippen molar-refractivity contribution in [2.75, 3.05) is 13.7 Å². The number of halogens is 1. The van der Waals surface area contributed by atoms with Crippen molar-refractivity contribution in [3.8, 4) is 5.75 Å². The lowest BCUT2D eigenvalue weighted by molar-refractivity contribution is -0.139. The summed E-state index contributed by atoms with van der Waals surface area (Å²) in [6, 6.07) is 12.5. The van der Waals surface area contributed by atoms with Gasteiger partial charge in [-0.3, -0.25) is 19.9 Å². The van der Waals surface area contributed by atoms with Crippen molar-refractivity contribution in [3.05, 3.63) is 65.5 Å². The lowest BCUT2D eigenvalue weighted by Gasteiger charge is -2.24. The molecule has 4 amide bonds. The Kier molecular flexibility index (Phi) is 5.84. The smallest absolute Gasteiger partial charge is 0.344 e. The number of hydrazine groups is 1. The van der Waals surface area contributed by atoms with Crippen LogP contribution >= 0.6 is 0 Å². The van der Waals surface area contributed by atoms with Crippen LogP contribution in [0.15, 0.2) is 48.5 Å². The molecule has 2 N–H and O–H groups in total. The van der Waals surface area contributed by atoms with Gasteiger partial charge in [0, 0.05) is 12.6 Å². The van der Waals surface area contributed by atoms with E-state index in [1.165, 1.54) is 19.2 Å². The first kappa shape index (κ1) is 21.8. The van der Waals surface area contributed by atoms with Crippen molar-refractivity contribution < 1.29 is 23.5 Å². The van der Waals surface area contributed by atoms with Gasteiger partial charge in [-0.1, -0.05) is 24.3 Å². The third-order valence-electron chi connectivity index (χ3n) is 5.78. The Morgan fingerprint density at radius 3 is 2.59 bits per heavy atom. The van der Waals surface area contributed by atoms with E-state index in [1.807, 2.05) is 4.90 Å². The van der Waals surface area contributed by atoms with Gasteiger partial charge in [0.15, 0.2) is 0 Å². The second-order valence-corrected chi connectivity index (χ2v) is 8.23. The monoisotopic (exact) mass is 440 g/mol. The van der Waals surface area contributed by atoms with Gasteiger partial charge in [0.25, 0.3) is 11.8 Å². The Morgan fingerprint density at radius 1 is 1.25 bits per heavy atom. The fourth-order valence-corrected chi connectivity index (χ4v) is 3.83. The highest BCUT2D eigenvalue weighted by molar-refractivity contribution is 6.08. The molecule has 2 aromatic carbocycles. The molecule has 1 unspecified atom stereocenters. The summed E-state index contributed by atoms with van der Waals surface area (Å²) in [4.78, 5) is 40.1. The van der Waals surface area contributed by atoms with Crippen molar-refractivity contribution in [1.82, 2.24) is 20.7 Å². The minimum atomic E-state index is -1.31. The Bertz CT molecular complexity index is 1040. The highest BCUT2D eigenvalue weighted by Gasteiger charge is 2.50. The molecule has 1 aliphatic carbocycles. The lowest BCUT2D eigenvalue weighted by Crippen LogP contribution is -2.51. The summed E-state index contributed by atoms with van der Waals surface area (Å²) in [5, 5.41) is 3.37. The largest absolute Gasteiger partial charge is 0.497 e. The van der Waals surface area contributed by atoms with E-state index >= 15 is 0 Å². The summed E-state index contributed by atoms with van der Waals surface area (Å²) in [5.74, 6) is -0.780. The number of methoxy groups -OCH3 is 1. The molecule has 1 aliphatic heterocycles. The molecule has 4 rings (SSSR count). The number of benzene rings is 2. The van der Waals surface area contributed by atoms with E-state index in [-0.39, 0.29) is 18.4 Å². The number of nitrogens with zero attached hydrogens (tertiary/aromatic N) is 2. The van der Waals surface area contributed by atoms with Crippen LogP contribution in [-0.4, -0.2) is 47.5 Å². The quantitative estimate of drug-likeness (QED) is 0.615. The molecule has 32 heavy (non-hydrogen) atoms. The predicted molar refractivity (Wildman–Crippen MR) is 114 cm³/mol. The molecule has 9 heteroatoms. The highest BCUT2D eigenvalue weighted by atomic mass is 19.1. The molecule has 2 aromatic rings. The minimum absolute atomic E-state index is 0.0164. The van der Waals surface area contributed by atoms with E-state index in [0.717, 1.165) is 23.4 Å². The van der Waals surface area contributed by atoms with Crippen molar-refractivity contribution in [3.63, 3.8) is 0 Å². The van der Waals surface area contributed by atoms with Crippen LogP contribution in [0.2, 0.25) is 0 Å². The second-order valence-electron chi connectivity index (χ2n) is 8.23. The van der Waals surface area contributed by atoms with Gasteiger partial charge >= 0.3 is 6.03 Å². The predicted octanol–water partition coefficient (Wildman–Crippen LogP) is 2.30. The van der Waals surface area contributed by atoms with Crippen molar-refractivity contribution >= 4 is 17.8 Å². The summed E-state index contributed by atoms with van der Waals surface area (Å²) in [6.45, 7) is 1.97. The normalized spacial score (nSPS) is 20.4. The molecule has 1 saturated heterocycles. The fraction of sp³-hybridized carbons (Fsp3) is 0.348. The summed E-state index contributed by atoms with van der Waals surface area (Å²) >= 11 is 0. The number of imide groups is 1. The standard InChI is InChI=1S/C23H25FN4O4/c1-23(16-6-10-19(32-2)11-7-16)21(30)28(22(31)25-23)26-20(29)14-27(18-8-9-18)13-15-4-3-5-17(24)12-15/h3-7,10-12,18H,8-9,13-14H2,1-2H3,(H,25,31)(H,26,29). The number of ether oxygens (including phenoxy) is 1. The van der Waals surface area contributed by atoms with Gasteiger partial charge in [0.05, 0.1) is 13.7 Å². The molecule has 2 fully saturated rings. The topological polar surface area (TPSA) is 91.0 Å². The number of hydrogen-bond acceptors (Lipinski definition) is 5. The molecule has 0 radical (unpaired) electrons. The molecular formula is C23H25FN4O4. The Balaban J connectivity index is 1.42. The molecule has 2 aliphatic rings. The SMILES string of the molecule is COc1ccc(C2(C)NC(=O)N(NC(=O)CN(Cc3cccc(F)c3)C3CC3)C2=O)cc1. The minimum Gasteiger partial charge on any atom is -0.497 e. The van der Waals surface area contributed by atoms with Crippen LogP contribution in [0.4, 0.5) is 9.18 Å². The number of urea groups is 1. The van der Waals surface area contributed by atoms with Crippen LogP contribution < -0.4 is 15.5 Å². The highest BCUT2D eigenvalue weighted by Crippen LogP contribution is 2.30. The van der Waals surface area contributed by atoms with E-state index < -0.39 is 23.4 Å². The maximum Gasteiger partial charge on any atom is 0.344 e. The maximum atomic E-state index is 13.5. The first-order chi connectivity index (χ1) is 15.3. The van der Waals surface area contributed by atoms with Crippen LogP contribution in [0.1, 0.15) is 30.9 Å².